The number of ether oxygens (including phenoxy) is 2. The minimum atomic E-state index is -1.11. The first-order chi connectivity index (χ1) is 17.2. The van der Waals surface area contributed by atoms with E-state index in [0.717, 1.165) is 47.5 Å². The maximum Gasteiger partial charge on any atom is 0.407 e. The number of carbonyl (C=O) groups is 2. The predicted molar refractivity (Wildman–Crippen MR) is 128 cm³/mol. The van der Waals surface area contributed by atoms with E-state index in [9.17, 15) is 18.4 Å². The van der Waals surface area contributed by atoms with E-state index in [2.05, 4.69) is 20.8 Å². The fourth-order valence-electron chi connectivity index (χ4n) is 5.10. The molecule has 2 aromatic carbocycles. The largest absolute Gasteiger partial charge is 0.493 e. The highest BCUT2D eigenvalue weighted by molar-refractivity contribution is 5.97. The molecular formula is C26H26F2N4O4. The van der Waals surface area contributed by atoms with Crippen LogP contribution in [0.5, 0.6) is 5.75 Å². The van der Waals surface area contributed by atoms with Crippen LogP contribution < -0.4 is 15.4 Å². The smallest absolute Gasteiger partial charge is 0.407 e. The van der Waals surface area contributed by atoms with Crippen LogP contribution in [0.3, 0.4) is 0 Å². The Labute approximate surface area is 206 Å². The lowest BCUT2D eigenvalue weighted by Crippen LogP contribution is -2.51. The van der Waals surface area contributed by atoms with E-state index in [1.54, 1.807) is 12.1 Å². The number of hydrogen-bond acceptors (Lipinski definition) is 5. The zero-order chi connectivity index (χ0) is 25.6. The molecule has 2 atom stereocenters. The van der Waals surface area contributed by atoms with Crippen LogP contribution in [0.2, 0.25) is 0 Å². The van der Waals surface area contributed by atoms with Crippen molar-refractivity contribution < 1.29 is 27.8 Å². The van der Waals surface area contributed by atoms with Crippen LogP contribution in [0.25, 0.3) is 11.1 Å². The Kier molecular flexibility index (Phi) is 5.89. The summed E-state index contributed by atoms with van der Waals surface area (Å²) in [7, 11) is 1.20. The average Bonchev–Trinajstić information content (AvgIpc) is 3.55. The Hall–Kier alpha value is -3.95. The van der Waals surface area contributed by atoms with Crippen molar-refractivity contribution in [2.45, 2.75) is 38.6 Å². The minimum Gasteiger partial charge on any atom is -0.493 e. The minimum absolute atomic E-state index is 0.163. The van der Waals surface area contributed by atoms with Crippen LogP contribution in [-0.4, -0.2) is 42.0 Å². The summed E-state index contributed by atoms with van der Waals surface area (Å²) >= 11 is 0. The van der Waals surface area contributed by atoms with Crippen LogP contribution in [0.4, 0.5) is 19.3 Å². The number of aromatic nitrogens is 2. The first-order valence-corrected chi connectivity index (χ1v) is 11.6. The van der Waals surface area contributed by atoms with Crippen molar-refractivity contribution in [2.24, 2.45) is 5.41 Å². The summed E-state index contributed by atoms with van der Waals surface area (Å²) in [4.78, 5) is 25.8. The van der Waals surface area contributed by atoms with E-state index >= 15 is 0 Å². The van der Waals surface area contributed by atoms with Gasteiger partial charge in [0.05, 0.1) is 19.4 Å². The normalized spacial score (nSPS) is 18.1. The van der Waals surface area contributed by atoms with Crippen molar-refractivity contribution >= 4 is 17.7 Å². The van der Waals surface area contributed by atoms with Crippen molar-refractivity contribution in [1.29, 1.82) is 0 Å². The van der Waals surface area contributed by atoms with Crippen molar-refractivity contribution in [3.63, 3.8) is 0 Å². The van der Waals surface area contributed by atoms with Gasteiger partial charge >= 0.3 is 6.09 Å². The number of rotatable bonds is 5. The maximum atomic E-state index is 14.3. The molecule has 36 heavy (non-hydrogen) atoms. The second-order valence-electron chi connectivity index (χ2n) is 9.42. The molecule has 1 aliphatic heterocycles. The zero-order valence-electron chi connectivity index (χ0n) is 20.1. The molecule has 1 aromatic heterocycles. The lowest BCUT2D eigenvalue weighted by Gasteiger charge is -2.38. The molecule has 1 saturated carbocycles. The van der Waals surface area contributed by atoms with Crippen LogP contribution in [0.15, 0.2) is 36.4 Å². The van der Waals surface area contributed by atoms with Crippen LogP contribution in [-0.2, 0) is 9.53 Å². The molecule has 1 spiro atoms. The molecule has 0 radical (unpaired) electrons. The van der Waals surface area contributed by atoms with Gasteiger partial charge in [-0.05, 0) is 50.5 Å². The molecule has 5 rings (SSSR count). The molecule has 2 amide bonds. The molecule has 3 N–H and O–H groups in total. The van der Waals surface area contributed by atoms with E-state index in [1.165, 1.54) is 7.11 Å². The van der Waals surface area contributed by atoms with Crippen LogP contribution in [0, 0.1) is 30.9 Å². The molecular weight excluding hydrogens is 470 g/mol. The van der Waals surface area contributed by atoms with Gasteiger partial charge in [0, 0.05) is 39.9 Å². The molecule has 8 nitrogen and oxygen atoms in total. The quantitative estimate of drug-likeness (QED) is 0.479. The molecule has 2 aliphatic rings. The summed E-state index contributed by atoms with van der Waals surface area (Å²) in [6.45, 7) is 4.08. The van der Waals surface area contributed by atoms with Gasteiger partial charge in [0.25, 0.3) is 0 Å². The van der Waals surface area contributed by atoms with Gasteiger partial charge in [-0.2, -0.15) is 5.10 Å². The number of halogens is 2. The third-order valence-corrected chi connectivity index (χ3v) is 7.10. The standard InChI is InChI=1S/C26H26F2N4O4/c1-13-21(14(2)32-31-13)15-4-6-16(7-5-15)29-24(33)23(30-25(34)35-3)22-17-10-18(27)19(28)11-20(17)36-12-26(22)8-9-26/h4-7,10-11,22-23H,8-9,12H2,1-3H3,(H,29,33)(H,30,34)(H,31,32)/t22?,23-/m0/s1. The summed E-state index contributed by atoms with van der Waals surface area (Å²) < 4.78 is 38.7. The van der Waals surface area contributed by atoms with E-state index < -0.39 is 41.0 Å². The van der Waals surface area contributed by atoms with Gasteiger partial charge in [0.2, 0.25) is 5.91 Å². The molecule has 10 heteroatoms. The number of anilines is 1. The fourth-order valence-corrected chi connectivity index (χ4v) is 5.10. The molecule has 1 aliphatic carbocycles. The third kappa shape index (κ3) is 4.16. The molecule has 0 bridgehead atoms. The summed E-state index contributed by atoms with van der Waals surface area (Å²) in [5.41, 5.74) is 4.11. The molecule has 1 unspecified atom stereocenters. The zero-order valence-corrected chi connectivity index (χ0v) is 20.1. The fraction of sp³-hybridized carbons (Fsp3) is 0.346. The van der Waals surface area contributed by atoms with Gasteiger partial charge in [0.15, 0.2) is 11.6 Å². The van der Waals surface area contributed by atoms with Gasteiger partial charge in [-0.1, -0.05) is 12.1 Å². The monoisotopic (exact) mass is 496 g/mol. The Bertz CT molecular complexity index is 1310. The third-order valence-electron chi connectivity index (χ3n) is 7.10. The highest BCUT2D eigenvalue weighted by Crippen LogP contribution is 2.61. The lowest BCUT2D eigenvalue weighted by atomic mass is 9.76. The lowest BCUT2D eigenvalue weighted by molar-refractivity contribution is -0.119. The molecule has 188 valence electrons. The number of nitrogens with zero attached hydrogens (tertiary/aromatic N) is 1. The number of amides is 2. The van der Waals surface area contributed by atoms with Crippen LogP contribution in [0.1, 0.15) is 35.7 Å². The van der Waals surface area contributed by atoms with Gasteiger partial charge in [-0.3, -0.25) is 9.89 Å². The predicted octanol–water partition coefficient (Wildman–Crippen LogP) is 4.59. The van der Waals surface area contributed by atoms with Gasteiger partial charge in [0.1, 0.15) is 11.8 Å². The van der Waals surface area contributed by atoms with Gasteiger partial charge < -0.3 is 20.1 Å². The SMILES string of the molecule is COC(=O)N[C@H](C(=O)Nc1ccc(-c2c(C)n[nH]c2C)cc1)C1c2cc(F)c(F)cc2OCC12CC2. The van der Waals surface area contributed by atoms with E-state index in [-0.39, 0.29) is 12.4 Å². The number of aromatic amines is 1. The Balaban J connectivity index is 1.46. The second kappa shape index (κ2) is 8.92. The average molecular weight is 497 g/mol. The number of aryl methyl sites for hydroxylation is 2. The second-order valence-corrected chi connectivity index (χ2v) is 9.42. The van der Waals surface area contributed by atoms with Crippen molar-refractivity contribution in [3.8, 4) is 16.9 Å². The summed E-state index contributed by atoms with van der Waals surface area (Å²) in [6, 6.07) is 8.19. The molecule has 1 fully saturated rings. The summed E-state index contributed by atoms with van der Waals surface area (Å²) in [6.07, 6.45) is 0.643. The van der Waals surface area contributed by atoms with Crippen molar-refractivity contribution in [1.82, 2.24) is 15.5 Å². The number of fused-ring (bicyclic) bond motifs is 1. The van der Waals surface area contributed by atoms with E-state index in [4.69, 9.17) is 9.47 Å². The molecule has 3 aromatic rings. The Morgan fingerprint density at radius 3 is 2.47 bits per heavy atom. The van der Waals surface area contributed by atoms with Crippen molar-refractivity contribution in [2.75, 3.05) is 19.0 Å². The van der Waals surface area contributed by atoms with Crippen molar-refractivity contribution in [3.05, 3.63) is 65.0 Å². The first kappa shape index (κ1) is 23.8. The topological polar surface area (TPSA) is 105 Å². The Morgan fingerprint density at radius 2 is 1.86 bits per heavy atom. The van der Waals surface area contributed by atoms with Crippen LogP contribution >= 0.6 is 0 Å². The number of hydrogen-bond donors (Lipinski definition) is 3. The molecule has 2 heterocycles. The van der Waals surface area contributed by atoms with E-state index in [1.807, 2.05) is 26.0 Å². The number of alkyl carbamates (subject to hydrolysis) is 1. The van der Waals surface area contributed by atoms with Gasteiger partial charge in [-0.25, -0.2) is 13.6 Å². The highest BCUT2D eigenvalue weighted by Gasteiger charge is 2.58. The number of benzene rings is 2. The Morgan fingerprint density at radius 1 is 1.17 bits per heavy atom. The molecule has 0 saturated heterocycles. The first-order valence-electron chi connectivity index (χ1n) is 11.6. The number of methoxy groups -OCH3 is 1. The number of nitrogens with one attached hydrogen (secondary N) is 3. The number of carbonyl (C=O) groups excluding carboxylic acids is 2. The van der Waals surface area contributed by atoms with E-state index in [0.29, 0.717) is 11.3 Å². The summed E-state index contributed by atoms with van der Waals surface area (Å²) in [5.74, 6) is -3.05. The maximum absolute atomic E-state index is 14.3. The number of H-pyrrole nitrogens is 1. The van der Waals surface area contributed by atoms with Gasteiger partial charge in [-0.15, -0.1) is 0 Å². The summed E-state index contributed by atoms with van der Waals surface area (Å²) in [5, 5.41) is 12.6. The highest BCUT2D eigenvalue weighted by atomic mass is 19.2.